The summed E-state index contributed by atoms with van der Waals surface area (Å²) in [6, 6.07) is -0.591. The first-order chi connectivity index (χ1) is 7.43. The Kier molecular flexibility index (Phi) is 6.72. The molecule has 0 spiro atoms. The molecule has 0 aromatic rings. The van der Waals surface area contributed by atoms with Gasteiger partial charge in [-0.1, -0.05) is 13.3 Å². The van der Waals surface area contributed by atoms with Gasteiger partial charge in [-0.3, -0.25) is 9.59 Å². The van der Waals surface area contributed by atoms with Gasteiger partial charge >= 0.3 is 5.97 Å². The molecule has 1 amide bonds. The minimum atomic E-state index is -0.531. The smallest absolute Gasteiger partial charge is 0.325 e. The molecule has 0 aliphatic rings. The normalized spacial score (nSPS) is 12.4. The summed E-state index contributed by atoms with van der Waals surface area (Å²) in [6.45, 7) is 5.62. The van der Waals surface area contributed by atoms with Crippen molar-refractivity contribution < 1.29 is 14.3 Å². The number of hydrogen-bond donors (Lipinski definition) is 1. The van der Waals surface area contributed by atoms with E-state index in [2.05, 4.69) is 4.74 Å². The number of carbonyl (C=O) groups is 2. The monoisotopic (exact) mass is 230 g/mol. The number of hydrogen-bond acceptors (Lipinski definition) is 4. The van der Waals surface area contributed by atoms with Crippen molar-refractivity contribution in [3.05, 3.63) is 0 Å². The van der Waals surface area contributed by atoms with Gasteiger partial charge in [-0.05, 0) is 20.3 Å². The highest BCUT2D eigenvalue weighted by Gasteiger charge is 2.24. The summed E-state index contributed by atoms with van der Waals surface area (Å²) < 4.78 is 4.55. The maximum absolute atomic E-state index is 11.9. The van der Waals surface area contributed by atoms with Crippen molar-refractivity contribution in [2.45, 2.75) is 45.7 Å². The minimum absolute atomic E-state index is 0.0373. The summed E-state index contributed by atoms with van der Waals surface area (Å²) in [5, 5.41) is 0. The lowest BCUT2D eigenvalue weighted by atomic mass is 10.1. The highest BCUT2D eigenvalue weighted by atomic mass is 16.5. The molecule has 0 aliphatic heterocycles. The molecular formula is C11H22N2O3. The highest BCUT2D eigenvalue weighted by molar-refractivity contribution is 5.85. The first-order valence-electron chi connectivity index (χ1n) is 5.56. The van der Waals surface area contributed by atoms with Crippen molar-refractivity contribution in [2.75, 3.05) is 13.7 Å². The lowest BCUT2D eigenvalue weighted by Gasteiger charge is -2.28. The zero-order chi connectivity index (χ0) is 12.7. The number of ether oxygens (including phenoxy) is 1. The summed E-state index contributed by atoms with van der Waals surface area (Å²) in [6.07, 6.45) is 1.47. The SMILES string of the molecule is CCCC(N)C(=O)N(CC(=O)OC)C(C)C. The van der Waals surface area contributed by atoms with E-state index in [4.69, 9.17) is 5.73 Å². The Hall–Kier alpha value is -1.10. The Morgan fingerprint density at radius 2 is 1.94 bits per heavy atom. The first-order valence-corrected chi connectivity index (χ1v) is 5.56. The van der Waals surface area contributed by atoms with Gasteiger partial charge in [-0.2, -0.15) is 0 Å². The van der Waals surface area contributed by atoms with Gasteiger partial charge in [0.1, 0.15) is 6.54 Å². The molecule has 5 heteroatoms. The molecule has 0 aromatic heterocycles. The van der Waals surface area contributed by atoms with E-state index in [1.165, 1.54) is 12.0 Å². The molecule has 0 aliphatic carbocycles. The molecule has 94 valence electrons. The van der Waals surface area contributed by atoms with Crippen molar-refractivity contribution in [3.8, 4) is 0 Å². The Morgan fingerprint density at radius 1 is 1.38 bits per heavy atom. The predicted octanol–water partition coefficient (Wildman–Crippen LogP) is 0.524. The van der Waals surface area contributed by atoms with Gasteiger partial charge in [0.15, 0.2) is 0 Å². The summed E-state index contributed by atoms with van der Waals surface area (Å²) in [5.41, 5.74) is 5.74. The lowest BCUT2D eigenvalue weighted by molar-refractivity contribution is -0.148. The first kappa shape index (κ1) is 14.9. The van der Waals surface area contributed by atoms with Crippen LogP contribution in [-0.2, 0) is 14.3 Å². The second-order valence-corrected chi connectivity index (χ2v) is 4.03. The molecule has 0 radical (unpaired) electrons. The van der Waals surface area contributed by atoms with Crippen LogP contribution in [-0.4, -0.2) is 42.5 Å². The molecule has 16 heavy (non-hydrogen) atoms. The van der Waals surface area contributed by atoms with Crippen LogP contribution in [0.15, 0.2) is 0 Å². The standard InChI is InChI=1S/C11H22N2O3/c1-5-6-9(12)11(15)13(8(2)3)7-10(14)16-4/h8-9H,5-7,12H2,1-4H3. The van der Waals surface area contributed by atoms with E-state index in [0.717, 1.165) is 6.42 Å². The van der Waals surface area contributed by atoms with Crippen LogP contribution in [0.2, 0.25) is 0 Å². The quantitative estimate of drug-likeness (QED) is 0.675. The summed E-state index contributed by atoms with van der Waals surface area (Å²) in [5.74, 6) is -0.618. The number of amides is 1. The number of methoxy groups -OCH3 is 1. The molecule has 0 saturated heterocycles. The Labute approximate surface area is 96.9 Å². The van der Waals surface area contributed by atoms with Crippen LogP contribution in [0.5, 0.6) is 0 Å². The predicted molar refractivity (Wildman–Crippen MR) is 61.7 cm³/mol. The van der Waals surface area contributed by atoms with Crippen LogP contribution < -0.4 is 5.73 Å². The molecule has 0 aromatic carbocycles. The average molecular weight is 230 g/mol. The van der Waals surface area contributed by atoms with Crippen molar-refractivity contribution >= 4 is 11.9 Å². The van der Waals surface area contributed by atoms with Crippen LogP contribution in [0.25, 0.3) is 0 Å². The van der Waals surface area contributed by atoms with E-state index in [9.17, 15) is 9.59 Å². The molecule has 0 heterocycles. The van der Waals surface area contributed by atoms with Gasteiger partial charge in [0.2, 0.25) is 5.91 Å². The third-order valence-electron chi connectivity index (χ3n) is 2.35. The third-order valence-corrected chi connectivity index (χ3v) is 2.35. The molecule has 5 nitrogen and oxygen atoms in total. The van der Waals surface area contributed by atoms with E-state index in [-0.39, 0.29) is 18.5 Å². The summed E-state index contributed by atoms with van der Waals surface area (Å²) in [7, 11) is 1.30. The van der Waals surface area contributed by atoms with E-state index in [0.29, 0.717) is 6.42 Å². The molecule has 1 unspecified atom stereocenters. The fourth-order valence-electron chi connectivity index (χ4n) is 1.37. The number of carbonyl (C=O) groups excluding carboxylic acids is 2. The number of esters is 1. The van der Waals surface area contributed by atoms with Gasteiger partial charge < -0.3 is 15.4 Å². The number of rotatable bonds is 6. The van der Waals surface area contributed by atoms with Gasteiger partial charge in [0, 0.05) is 6.04 Å². The minimum Gasteiger partial charge on any atom is -0.468 e. The topological polar surface area (TPSA) is 72.6 Å². The van der Waals surface area contributed by atoms with Gasteiger partial charge in [0.05, 0.1) is 13.2 Å². The number of nitrogens with two attached hydrogens (primary N) is 1. The molecule has 0 saturated carbocycles. The van der Waals surface area contributed by atoms with Crippen molar-refractivity contribution in [1.82, 2.24) is 4.90 Å². The van der Waals surface area contributed by atoms with Crippen molar-refractivity contribution in [1.29, 1.82) is 0 Å². The Bertz CT molecular complexity index is 241. The Balaban J connectivity index is 4.52. The molecule has 0 fully saturated rings. The summed E-state index contributed by atoms with van der Waals surface area (Å²) >= 11 is 0. The highest BCUT2D eigenvalue weighted by Crippen LogP contribution is 2.05. The van der Waals surface area contributed by atoms with Crippen molar-refractivity contribution in [2.24, 2.45) is 5.73 Å². The average Bonchev–Trinajstić information content (AvgIpc) is 2.24. The van der Waals surface area contributed by atoms with E-state index in [1.807, 2.05) is 20.8 Å². The molecule has 2 N–H and O–H groups in total. The molecule has 0 bridgehead atoms. The third kappa shape index (κ3) is 4.61. The second-order valence-electron chi connectivity index (χ2n) is 4.03. The van der Waals surface area contributed by atoms with E-state index >= 15 is 0 Å². The maximum Gasteiger partial charge on any atom is 0.325 e. The fraction of sp³-hybridized carbons (Fsp3) is 0.818. The molecule has 0 rings (SSSR count). The van der Waals surface area contributed by atoms with Crippen LogP contribution >= 0.6 is 0 Å². The van der Waals surface area contributed by atoms with Crippen LogP contribution in [0.4, 0.5) is 0 Å². The van der Waals surface area contributed by atoms with E-state index < -0.39 is 12.0 Å². The Morgan fingerprint density at radius 3 is 2.31 bits per heavy atom. The van der Waals surface area contributed by atoms with Gasteiger partial charge in [0.25, 0.3) is 0 Å². The molecule has 1 atom stereocenters. The second kappa shape index (κ2) is 7.22. The summed E-state index contributed by atoms with van der Waals surface area (Å²) in [4.78, 5) is 24.5. The van der Waals surface area contributed by atoms with Crippen molar-refractivity contribution in [3.63, 3.8) is 0 Å². The lowest BCUT2D eigenvalue weighted by Crippen LogP contribution is -2.49. The van der Waals surface area contributed by atoms with Crippen LogP contribution in [0.3, 0.4) is 0 Å². The zero-order valence-electron chi connectivity index (χ0n) is 10.5. The van der Waals surface area contributed by atoms with Crippen LogP contribution in [0, 0.1) is 0 Å². The zero-order valence-corrected chi connectivity index (χ0v) is 10.5. The van der Waals surface area contributed by atoms with Gasteiger partial charge in [-0.25, -0.2) is 0 Å². The fourth-order valence-corrected chi connectivity index (χ4v) is 1.37. The largest absolute Gasteiger partial charge is 0.468 e. The van der Waals surface area contributed by atoms with E-state index in [1.54, 1.807) is 0 Å². The number of nitrogens with zero attached hydrogens (tertiary/aromatic N) is 1. The van der Waals surface area contributed by atoms with Crippen LogP contribution in [0.1, 0.15) is 33.6 Å². The maximum atomic E-state index is 11.9. The van der Waals surface area contributed by atoms with Gasteiger partial charge in [-0.15, -0.1) is 0 Å². The molecular weight excluding hydrogens is 208 g/mol.